The van der Waals surface area contributed by atoms with E-state index in [0.717, 1.165) is 35.8 Å². The molecule has 0 radical (unpaired) electrons. The number of pyridine rings is 1. The number of nitrogens with two attached hydrogens (primary N) is 1. The quantitative estimate of drug-likeness (QED) is 0.835. The van der Waals surface area contributed by atoms with E-state index in [9.17, 15) is 0 Å². The molecule has 2 aromatic rings. The molecule has 19 heavy (non-hydrogen) atoms. The molecule has 0 atom stereocenters. The number of aromatic nitrogens is 1. The minimum absolute atomic E-state index is 0.757. The van der Waals surface area contributed by atoms with Crippen LogP contribution in [0, 0.1) is 0 Å². The molecular formula is C15H19N3O. The summed E-state index contributed by atoms with van der Waals surface area (Å²) in [6.45, 7) is 1.58. The maximum Gasteiger partial charge on any atom is 0.120 e. The molecule has 0 amide bonds. The monoisotopic (exact) mass is 257 g/mol. The highest BCUT2D eigenvalue weighted by Gasteiger charge is 2.06. The van der Waals surface area contributed by atoms with E-state index in [1.807, 2.05) is 42.6 Å². The topological polar surface area (TPSA) is 51.4 Å². The van der Waals surface area contributed by atoms with Crippen molar-refractivity contribution in [3.8, 4) is 5.75 Å². The standard InChI is InChI=1S/C15H19N3O/c1-18(11-13-5-3-4-8-17-13)10-12-6-7-14(19-2)9-15(12)16/h3-9H,10-11,16H2,1-2H3. The maximum atomic E-state index is 6.02. The Balaban J connectivity index is 2.01. The molecule has 4 heteroatoms. The van der Waals surface area contributed by atoms with E-state index in [1.165, 1.54) is 0 Å². The van der Waals surface area contributed by atoms with E-state index in [2.05, 4.69) is 16.9 Å². The number of methoxy groups -OCH3 is 1. The van der Waals surface area contributed by atoms with Crippen LogP contribution in [0.5, 0.6) is 5.75 Å². The Labute approximate surface area is 113 Å². The third-order valence-electron chi connectivity index (χ3n) is 2.95. The van der Waals surface area contributed by atoms with Crippen molar-refractivity contribution in [1.82, 2.24) is 9.88 Å². The first kappa shape index (κ1) is 13.4. The van der Waals surface area contributed by atoms with E-state index in [1.54, 1.807) is 7.11 Å². The summed E-state index contributed by atoms with van der Waals surface area (Å²) in [6.07, 6.45) is 1.81. The van der Waals surface area contributed by atoms with Crippen LogP contribution in [0.2, 0.25) is 0 Å². The van der Waals surface area contributed by atoms with Crippen LogP contribution in [0.15, 0.2) is 42.6 Å². The van der Waals surface area contributed by atoms with Gasteiger partial charge in [-0.2, -0.15) is 0 Å². The van der Waals surface area contributed by atoms with Crippen LogP contribution in [0.1, 0.15) is 11.3 Å². The number of ether oxygens (including phenoxy) is 1. The average molecular weight is 257 g/mol. The summed E-state index contributed by atoms with van der Waals surface area (Å²) in [4.78, 5) is 6.50. The van der Waals surface area contributed by atoms with E-state index >= 15 is 0 Å². The molecule has 0 aliphatic rings. The molecule has 0 saturated carbocycles. The number of rotatable bonds is 5. The number of benzene rings is 1. The van der Waals surface area contributed by atoms with Gasteiger partial charge < -0.3 is 10.5 Å². The zero-order valence-electron chi connectivity index (χ0n) is 11.3. The van der Waals surface area contributed by atoms with Gasteiger partial charge >= 0.3 is 0 Å². The summed E-state index contributed by atoms with van der Waals surface area (Å²) < 4.78 is 5.15. The van der Waals surface area contributed by atoms with Gasteiger partial charge in [0.2, 0.25) is 0 Å². The van der Waals surface area contributed by atoms with E-state index < -0.39 is 0 Å². The number of anilines is 1. The Kier molecular flexibility index (Phi) is 4.36. The third-order valence-corrected chi connectivity index (χ3v) is 2.95. The van der Waals surface area contributed by atoms with Crippen molar-refractivity contribution in [2.45, 2.75) is 13.1 Å². The average Bonchev–Trinajstić information content (AvgIpc) is 2.42. The van der Waals surface area contributed by atoms with E-state index in [0.29, 0.717) is 0 Å². The number of hydrogen-bond donors (Lipinski definition) is 1. The van der Waals surface area contributed by atoms with E-state index in [4.69, 9.17) is 10.5 Å². The minimum atomic E-state index is 0.757. The molecule has 0 saturated heterocycles. The lowest BCUT2D eigenvalue weighted by Gasteiger charge is -2.17. The Morgan fingerprint density at radius 1 is 1.21 bits per heavy atom. The van der Waals surface area contributed by atoms with E-state index in [-0.39, 0.29) is 0 Å². The van der Waals surface area contributed by atoms with Crippen LogP contribution >= 0.6 is 0 Å². The largest absolute Gasteiger partial charge is 0.497 e. The third kappa shape index (κ3) is 3.69. The minimum Gasteiger partial charge on any atom is -0.497 e. The van der Waals surface area contributed by atoms with Gasteiger partial charge in [0.1, 0.15) is 5.75 Å². The normalized spacial score (nSPS) is 10.7. The number of nitrogens with zero attached hydrogens (tertiary/aromatic N) is 2. The lowest BCUT2D eigenvalue weighted by molar-refractivity contribution is 0.315. The molecule has 100 valence electrons. The smallest absolute Gasteiger partial charge is 0.120 e. The van der Waals surface area contributed by atoms with Gasteiger partial charge in [0.05, 0.1) is 12.8 Å². The summed E-state index contributed by atoms with van der Waals surface area (Å²) in [7, 11) is 3.69. The van der Waals surface area contributed by atoms with Crippen LogP contribution in [0.4, 0.5) is 5.69 Å². The van der Waals surface area contributed by atoms with Crippen molar-refractivity contribution in [1.29, 1.82) is 0 Å². The van der Waals surface area contributed by atoms with Crippen LogP contribution in [-0.4, -0.2) is 24.0 Å². The fourth-order valence-corrected chi connectivity index (χ4v) is 1.96. The SMILES string of the molecule is COc1ccc(CN(C)Cc2ccccn2)c(N)c1. The van der Waals surface area contributed by atoms with Crippen LogP contribution < -0.4 is 10.5 Å². The van der Waals surface area contributed by atoms with Gasteiger partial charge in [0.25, 0.3) is 0 Å². The molecule has 1 aromatic heterocycles. The van der Waals surface area contributed by atoms with Crippen molar-refractivity contribution in [3.63, 3.8) is 0 Å². The highest BCUT2D eigenvalue weighted by Crippen LogP contribution is 2.21. The van der Waals surface area contributed by atoms with Crippen molar-refractivity contribution in [3.05, 3.63) is 53.9 Å². The second-order valence-electron chi connectivity index (χ2n) is 4.56. The first-order valence-electron chi connectivity index (χ1n) is 6.20. The van der Waals surface area contributed by atoms with Gasteiger partial charge in [-0.25, -0.2) is 0 Å². The molecule has 0 aliphatic carbocycles. The predicted molar refractivity (Wildman–Crippen MR) is 76.8 cm³/mol. The summed E-state index contributed by atoms with van der Waals surface area (Å²) in [6, 6.07) is 11.7. The lowest BCUT2D eigenvalue weighted by atomic mass is 10.1. The summed E-state index contributed by atoms with van der Waals surface area (Å²) in [5, 5.41) is 0. The highest BCUT2D eigenvalue weighted by molar-refractivity contribution is 5.51. The van der Waals surface area contributed by atoms with Crippen LogP contribution in [0.3, 0.4) is 0 Å². The zero-order valence-corrected chi connectivity index (χ0v) is 11.3. The van der Waals surface area contributed by atoms with Crippen molar-refractivity contribution < 1.29 is 4.74 Å². The molecule has 2 rings (SSSR count). The van der Waals surface area contributed by atoms with Gasteiger partial charge in [-0.15, -0.1) is 0 Å². The molecule has 4 nitrogen and oxygen atoms in total. The first-order valence-corrected chi connectivity index (χ1v) is 6.20. The second kappa shape index (κ2) is 6.20. The number of nitrogen functional groups attached to an aromatic ring is 1. The Bertz CT molecular complexity index is 528. The summed E-state index contributed by atoms with van der Waals surface area (Å²) in [5.74, 6) is 0.786. The lowest BCUT2D eigenvalue weighted by Crippen LogP contribution is -2.18. The first-order chi connectivity index (χ1) is 9.19. The predicted octanol–water partition coefficient (Wildman–Crippen LogP) is 2.30. The van der Waals surface area contributed by atoms with Gasteiger partial charge in [-0.1, -0.05) is 12.1 Å². The van der Waals surface area contributed by atoms with Crippen LogP contribution in [-0.2, 0) is 13.1 Å². The van der Waals surface area contributed by atoms with Crippen molar-refractivity contribution in [2.24, 2.45) is 0 Å². The Morgan fingerprint density at radius 3 is 2.68 bits per heavy atom. The second-order valence-corrected chi connectivity index (χ2v) is 4.56. The highest BCUT2D eigenvalue weighted by atomic mass is 16.5. The molecule has 0 unspecified atom stereocenters. The maximum absolute atomic E-state index is 6.02. The molecule has 1 heterocycles. The fourth-order valence-electron chi connectivity index (χ4n) is 1.96. The van der Waals surface area contributed by atoms with Crippen LogP contribution in [0.25, 0.3) is 0 Å². The summed E-state index contributed by atoms with van der Waals surface area (Å²) >= 11 is 0. The summed E-state index contributed by atoms with van der Waals surface area (Å²) in [5.41, 5.74) is 8.92. The molecule has 0 spiro atoms. The fraction of sp³-hybridized carbons (Fsp3) is 0.267. The van der Waals surface area contributed by atoms with Gasteiger partial charge in [0.15, 0.2) is 0 Å². The number of hydrogen-bond acceptors (Lipinski definition) is 4. The molecule has 0 bridgehead atoms. The molecule has 0 aliphatic heterocycles. The van der Waals surface area contributed by atoms with Crippen molar-refractivity contribution >= 4 is 5.69 Å². The molecule has 1 aromatic carbocycles. The molecule has 2 N–H and O–H groups in total. The van der Waals surface area contributed by atoms with Gasteiger partial charge in [0, 0.05) is 31.0 Å². The molecular weight excluding hydrogens is 238 g/mol. The van der Waals surface area contributed by atoms with Gasteiger partial charge in [-0.05, 0) is 30.8 Å². The van der Waals surface area contributed by atoms with Crippen molar-refractivity contribution in [2.75, 3.05) is 19.9 Å². The molecule has 0 fully saturated rings. The van der Waals surface area contributed by atoms with Gasteiger partial charge in [-0.3, -0.25) is 9.88 Å². The Hall–Kier alpha value is -2.07. The Morgan fingerprint density at radius 2 is 2.05 bits per heavy atom. The zero-order chi connectivity index (χ0) is 13.7.